The molecule has 1 aromatic heterocycles. The number of benzene rings is 2. The van der Waals surface area contributed by atoms with Crippen molar-refractivity contribution >= 4 is 34.9 Å². The van der Waals surface area contributed by atoms with Crippen molar-refractivity contribution in [3.63, 3.8) is 0 Å². The Morgan fingerprint density at radius 3 is 2.55 bits per heavy atom. The first-order valence-electron chi connectivity index (χ1n) is 9.24. The molecule has 152 valence electrons. The topological polar surface area (TPSA) is 46.5 Å². The quantitative estimate of drug-likeness (QED) is 0.509. The van der Waals surface area contributed by atoms with Crippen molar-refractivity contribution in [1.82, 2.24) is 9.47 Å². The molecule has 0 fully saturated rings. The van der Waals surface area contributed by atoms with Crippen LogP contribution in [0.2, 0.25) is 10.0 Å². The number of amides is 2. The molecule has 7 heteroatoms. The average Bonchev–Trinajstić information content (AvgIpc) is 3.15. The number of hydrogen-bond acceptors (Lipinski definition) is 2. The van der Waals surface area contributed by atoms with E-state index in [1.165, 1.54) is 0 Å². The lowest BCUT2D eigenvalue weighted by Gasteiger charge is -2.24. The average molecular weight is 432 g/mol. The molecule has 29 heavy (non-hydrogen) atoms. The van der Waals surface area contributed by atoms with Gasteiger partial charge in [0.05, 0.1) is 13.2 Å². The van der Waals surface area contributed by atoms with Crippen molar-refractivity contribution < 1.29 is 9.53 Å². The first-order valence-corrected chi connectivity index (χ1v) is 10.0. The number of aromatic nitrogens is 1. The van der Waals surface area contributed by atoms with E-state index in [0.717, 1.165) is 16.3 Å². The Bertz CT molecular complexity index is 941. The Balaban J connectivity index is 1.73. The SMILES string of the molecule is COCCN(Cc1cccn1Cc1ccccc1Cl)C(=O)Nc1ccc(Cl)cc1. The molecule has 1 heterocycles. The molecule has 5 nitrogen and oxygen atoms in total. The van der Waals surface area contributed by atoms with Crippen LogP contribution < -0.4 is 5.32 Å². The van der Waals surface area contributed by atoms with Crippen molar-refractivity contribution in [3.05, 3.63) is 88.2 Å². The number of methoxy groups -OCH3 is 1. The Hall–Kier alpha value is -2.47. The smallest absolute Gasteiger partial charge is 0.322 e. The second kappa shape index (κ2) is 10.3. The van der Waals surface area contributed by atoms with Gasteiger partial charge in [-0.25, -0.2) is 4.79 Å². The van der Waals surface area contributed by atoms with E-state index in [-0.39, 0.29) is 6.03 Å². The van der Waals surface area contributed by atoms with Crippen molar-refractivity contribution in [2.75, 3.05) is 25.6 Å². The number of anilines is 1. The lowest BCUT2D eigenvalue weighted by atomic mass is 10.2. The standard InChI is InChI=1S/C22H23Cl2N3O2/c1-29-14-13-27(22(28)25-19-10-8-18(23)9-11-19)16-20-6-4-12-26(20)15-17-5-2-3-7-21(17)24/h2-12H,13-16H2,1H3,(H,25,28). The molecule has 0 aliphatic rings. The monoisotopic (exact) mass is 431 g/mol. The van der Waals surface area contributed by atoms with E-state index in [4.69, 9.17) is 27.9 Å². The third kappa shape index (κ3) is 6.00. The summed E-state index contributed by atoms with van der Waals surface area (Å²) in [5.41, 5.74) is 2.72. The molecule has 0 aliphatic carbocycles. The molecule has 0 bridgehead atoms. The Morgan fingerprint density at radius 2 is 1.83 bits per heavy atom. The summed E-state index contributed by atoms with van der Waals surface area (Å²) in [5.74, 6) is 0. The summed E-state index contributed by atoms with van der Waals surface area (Å²) >= 11 is 12.2. The summed E-state index contributed by atoms with van der Waals surface area (Å²) in [6, 6.07) is 18.6. The zero-order valence-corrected chi connectivity index (χ0v) is 17.7. The molecule has 0 spiro atoms. The third-order valence-electron chi connectivity index (χ3n) is 4.52. The maximum absolute atomic E-state index is 12.8. The van der Waals surface area contributed by atoms with Crippen LogP contribution in [0, 0.1) is 0 Å². The van der Waals surface area contributed by atoms with Gasteiger partial charge in [0.1, 0.15) is 0 Å². The molecule has 0 atom stereocenters. The second-order valence-corrected chi connectivity index (χ2v) is 7.41. The minimum Gasteiger partial charge on any atom is -0.383 e. The summed E-state index contributed by atoms with van der Waals surface area (Å²) in [5, 5.41) is 4.26. The number of carbonyl (C=O) groups is 1. The molecule has 0 saturated heterocycles. The van der Waals surface area contributed by atoms with Gasteiger partial charge in [-0.2, -0.15) is 0 Å². The molecule has 0 saturated carbocycles. The lowest BCUT2D eigenvalue weighted by molar-refractivity contribution is 0.152. The van der Waals surface area contributed by atoms with Gasteiger partial charge in [0.2, 0.25) is 0 Å². The number of urea groups is 1. The van der Waals surface area contributed by atoms with Gasteiger partial charge in [-0.05, 0) is 48.0 Å². The van der Waals surface area contributed by atoms with E-state index in [1.807, 2.05) is 42.6 Å². The van der Waals surface area contributed by atoms with Crippen molar-refractivity contribution in [1.29, 1.82) is 0 Å². The van der Waals surface area contributed by atoms with E-state index in [9.17, 15) is 4.79 Å². The lowest BCUT2D eigenvalue weighted by Crippen LogP contribution is -2.37. The first kappa shape index (κ1) is 21.2. The van der Waals surface area contributed by atoms with E-state index >= 15 is 0 Å². The van der Waals surface area contributed by atoms with Gasteiger partial charge in [0.25, 0.3) is 0 Å². The Labute approximate surface area is 180 Å². The molecule has 0 radical (unpaired) electrons. The molecule has 2 aromatic carbocycles. The van der Waals surface area contributed by atoms with Gasteiger partial charge < -0.3 is 19.5 Å². The largest absolute Gasteiger partial charge is 0.383 e. The van der Waals surface area contributed by atoms with Crippen LogP contribution in [0.3, 0.4) is 0 Å². The predicted molar refractivity (Wildman–Crippen MR) is 118 cm³/mol. The minimum absolute atomic E-state index is 0.199. The highest BCUT2D eigenvalue weighted by molar-refractivity contribution is 6.31. The molecule has 0 aliphatic heterocycles. The molecule has 0 unspecified atom stereocenters. The number of rotatable bonds is 8. The van der Waals surface area contributed by atoms with Crippen LogP contribution in [-0.2, 0) is 17.8 Å². The van der Waals surface area contributed by atoms with Crippen molar-refractivity contribution in [2.24, 2.45) is 0 Å². The fourth-order valence-electron chi connectivity index (χ4n) is 2.94. The maximum atomic E-state index is 12.8. The summed E-state index contributed by atoms with van der Waals surface area (Å²) < 4.78 is 7.28. The molecular weight excluding hydrogens is 409 g/mol. The number of ether oxygens (including phenoxy) is 1. The van der Waals surface area contributed by atoms with Gasteiger partial charge in [-0.3, -0.25) is 0 Å². The molecule has 3 rings (SSSR count). The van der Waals surface area contributed by atoms with Crippen molar-refractivity contribution in [3.8, 4) is 0 Å². The van der Waals surface area contributed by atoms with Crippen LogP contribution in [-0.4, -0.2) is 35.8 Å². The van der Waals surface area contributed by atoms with Crippen LogP contribution in [0.4, 0.5) is 10.5 Å². The third-order valence-corrected chi connectivity index (χ3v) is 5.14. The second-order valence-electron chi connectivity index (χ2n) is 6.57. The maximum Gasteiger partial charge on any atom is 0.322 e. The number of carbonyl (C=O) groups excluding carboxylic acids is 1. The van der Waals surface area contributed by atoms with Gasteiger partial charge in [-0.15, -0.1) is 0 Å². The van der Waals surface area contributed by atoms with Gasteiger partial charge in [0, 0.05) is 47.8 Å². The first-order chi connectivity index (χ1) is 14.1. The Morgan fingerprint density at radius 1 is 1.07 bits per heavy atom. The summed E-state index contributed by atoms with van der Waals surface area (Å²) in [7, 11) is 1.62. The number of nitrogens with one attached hydrogen (secondary N) is 1. The molecule has 2 amide bonds. The zero-order valence-electron chi connectivity index (χ0n) is 16.1. The summed E-state index contributed by atoms with van der Waals surface area (Å²) in [4.78, 5) is 14.6. The van der Waals surface area contributed by atoms with E-state index < -0.39 is 0 Å². The van der Waals surface area contributed by atoms with Crippen LogP contribution in [0.1, 0.15) is 11.3 Å². The van der Waals surface area contributed by atoms with E-state index in [2.05, 4.69) is 9.88 Å². The highest BCUT2D eigenvalue weighted by Gasteiger charge is 2.16. The van der Waals surface area contributed by atoms with Crippen molar-refractivity contribution in [2.45, 2.75) is 13.1 Å². The minimum atomic E-state index is -0.199. The van der Waals surface area contributed by atoms with Crippen LogP contribution in [0.15, 0.2) is 66.9 Å². The summed E-state index contributed by atoms with van der Waals surface area (Å²) in [6.07, 6.45) is 1.99. The fraction of sp³-hybridized carbons (Fsp3) is 0.227. The molecule has 1 N–H and O–H groups in total. The van der Waals surface area contributed by atoms with E-state index in [1.54, 1.807) is 36.3 Å². The normalized spacial score (nSPS) is 10.7. The zero-order chi connectivity index (χ0) is 20.6. The van der Waals surface area contributed by atoms with Gasteiger partial charge >= 0.3 is 6.03 Å². The summed E-state index contributed by atoms with van der Waals surface area (Å²) in [6.45, 7) is 1.99. The Kier molecular flexibility index (Phi) is 7.58. The highest BCUT2D eigenvalue weighted by Crippen LogP contribution is 2.19. The highest BCUT2D eigenvalue weighted by atomic mass is 35.5. The van der Waals surface area contributed by atoms with Crippen LogP contribution >= 0.6 is 23.2 Å². The number of nitrogens with zero attached hydrogens (tertiary/aromatic N) is 2. The fourth-order valence-corrected chi connectivity index (χ4v) is 3.26. The molecule has 3 aromatic rings. The van der Waals surface area contributed by atoms with Gasteiger partial charge in [0.15, 0.2) is 0 Å². The number of hydrogen-bond donors (Lipinski definition) is 1. The predicted octanol–water partition coefficient (Wildman–Crippen LogP) is 5.52. The van der Waals surface area contributed by atoms with Gasteiger partial charge in [-0.1, -0.05) is 41.4 Å². The van der Waals surface area contributed by atoms with E-state index in [0.29, 0.717) is 37.0 Å². The van der Waals surface area contributed by atoms with Crippen LogP contribution in [0.5, 0.6) is 0 Å². The van der Waals surface area contributed by atoms with Crippen LogP contribution in [0.25, 0.3) is 0 Å². The molecular formula is C22H23Cl2N3O2. The number of halogens is 2.